The van der Waals surface area contributed by atoms with Crippen molar-refractivity contribution in [2.24, 2.45) is 5.92 Å². The van der Waals surface area contributed by atoms with E-state index < -0.39 is 0 Å². The molecule has 0 bridgehead atoms. The van der Waals surface area contributed by atoms with Gasteiger partial charge in [-0.15, -0.1) is 0 Å². The summed E-state index contributed by atoms with van der Waals surface area (Å²) in [5.74, 6) is 1.11. The average Bonchev–Trinajstić information content (AvgIpc) is 2.43. The summed E-state index contributed by atoms with van der Waals surface area (Å²) >= 11 is 5.87. The molecular weight excluding hydrogens is 264 g/mol. The average molecular weight is 285 g/mol. The maximum absolute atomic E-state index is 5.87. The molecule has 0 saturated heterocycles. The molecule has 1 aromatic rings. The van der Waals surface area contributed by atoms with Crippen LogP contribution in [0.15, 0.2) is 0 Å². The van der Waals surface area contributed by atoms with Crippen LogP contribution in [0.25, 0.3) is 0 Å². The fraction of sp³-hybridized carbons (Fsp3) is 0.769. The fourth-order valence-electron chi connectivity index (χ4n) is 2.26. The Hall–Kier alpha value is -1.10. The Kier molecular flexibility index (Phi) is 5.63. The smallest absolute Gasteiger partial charge is 0.322 e. The third kappa shape index (κ3) is 4.82. The van der Waals surface area contributed by atoms with Crippen LogP contribution >= 0.6 is 11.6 Å². The first-order valence-corrected chi connectivity index (χ1v) is 7.44. The Labute approximate surface area is 119 Å². The summed E-state index contributed by atoms with van der Waals surface area (Å²) in [5, 5.41) is 3.26. The van der Waals surface area contributed by atoms with E-state index in [4.69, 9.17) is 16.3 Å². The van der Waals surface area contributed by atoms with Crippen molar-refractivity contribution in [3.63, 3.8) is 0 Å². The summed E-state index contributed by atoms with van der Waals surface area (Å²) in [6.07, 6.45) is 7.42. The molecule has 6 heteroatoms. The lowest BCUT2D eigenvalue weighted by Gasteiger charge is -2.21. The van der Waals surface area contributed by atoms with Gasteiger partial charge in [0.25, 0.3) is 0 Å². The molecule has 19 heavy (non-hydrogen) atoms. The molecule has 0 spiro atoms. The van der Waals surface area contributed by atoms with E-state index in [0.717, 1.165) is 13.0 Å². The van der Waals surface area contributed by atoms with Crippen LogP contribution in [-0.4, -0.2) is 28.1 Å². The maximum Gasteiger partial charge on any atom is 0.322 e. The summed E-state index contributed by atoms with van der Waals surface area (Å²) in [6, 6.07) is 0.323. The molecule has 0 aromatic carbocycles. The summed E-state index contributed by atoms with van der Waals surface area (Å²) in [4.78, 5) is 12.2. The van der Waals surface area contributed by atoms with Crippen LogP contribution < -0.4 is 10.1 Å². The van der Waals surface area contributed by atoms with Gasteiger partial charge in [0.15, 0.2) is 0 Å². The number of halogens is 1. The first kappa shape index (κ1) is 14.3. The van der Waals surface area contributed by atoms with E-state index in [1.54, 1.807) is 0 Å². The monoisotopic (exact) mass is 284 g/mol. The van der Waals surface area contributed by atoms with E-state index in [-0.39, 0.29) is 5.28 Å². The van der Waals surface area contributed by atoms with Crippen molar-refractivity contribution in [2.75, 3.05) is 18.5 Å². The van der Waals surface area contributed by atoms with Gasteiger partial charge in [0.2, 0.25) is 11.2 Å². The molecular formula is C13H21ClN4O. The Bertz CT molecular complexity index is 396. The lowest BCUT2D eigenvalue weighted by molar-refractivity contribution is 0.196. The van der Waals surface area contributed by atoms with Crippen LogP contribution in [0.2, 0.25) is 5.28 Å². The highest BCUT2D eigenvalue weighted by molar-refractivity contribution is 6.28. The minimum Gasteiger partial charge on any atom is -0.463 e. The lowest BCUT2D eigenvalue weighted by Crippen LogP contribution is -2.17. The summed E-state index contributed by atoms with van der Waals surface area (Å²) < 4.78 is 5.66. The molecule has 1 saturated carbocycles. The number of nitrogens with zero attached hydrogens (tertiary/aromatic N) is 3. The minimum absolute atomic E-state index is 0.173. The molecule has 1 fully saturated rings. The molecule has 5 nitrogen and oxygen atoms in total. The van der Waals surface area contributed by atoms with Gasteiger partial charge in [-0.1, -0.05) is 26.2 Å². The molecule has 1 N–H and O–H groups in total. The Morgan fingerprint density at radius 3 is 2.74 bits per heavy atom. The quantitative estimate of drug-likeness (QED) is 0.868. The van der Waals surface area contributed by atoms with E-state index in [9.17, 15) is 0 Å². The van der Waals surface area contributed by atoms with Gasteiger partial charge >= 0.3 is 6.01 Å². The molecule has 0 amide bonds. The van der Waals surface area contributed by atoms with Crippen molar-refractivity contribution in [1.82, 2.24) is 15.0 Å². The van der Waals surface area contributed by atoms with E-state index in [1.807, 2.05) is 0 Å². The van der Waals surface area contributed by atoms with E-state index in [1.165, 1.54) is 32.1 Å². The van der Waals surface area contributed by atoms with Crippen molar-refractivity contribution < 1.29 is 4.74 Å². The van der Waals surface area contributed by atoms with Gasteiger partial charge in [-0.2, -0.15) is 15.0 Å². The van der Waals surface area contributed by atoms with Gasteiger partial charge in [-0.25, -0.2) is 0 Å². The maximum atomic E-state index is 5.87. The van der Waals surface area contributed by atoms with E-state index in [0.29, 0.717) is 24.5 Å². The molecule has 2 rings (SSSR count). The molecule has 0 unspecified atom stereocenters. The molecule has 1 aromatic heterocycles. The Morgan fingerprint density at radius 2 is 2.00 bits per heavy atom. The van der Waals surface area contributed by atoms with Gasteiger partial charge < -0.3 is 10.1 Å². The van der Waals surface area contributed by atoms with Crippen LogP contribution in [0, 0.1) is 5.92 Å². The first-order chi connectivity index (χ1) is 9.28. The lowest BCUT2D eigenvalue weighted by atomic mass is 9.90. The second-order valence-corrected chi connectivity index (χ2v) is 5.29. The number of hydrogen-bond donors (Lipinski definition) is 1. The van der Waals surface area contributed by atoms with Gasteiger partial charge in [0.1, 0.15) is 0 Å². The van der Waals surface area contributed by atoms with E-state index >= 15 is 0 Å². The second kappa shape index (κ2) is 7.48. The van der Waals surface area contributed by atoms with Gasteiger partial charge in [0, 0.05) is 6.54 Å². The molecule has 106 valence electrons. The highest BCUT2D eigenvalue weighted by Crippen LogP contribution is 2.24. The largest absolute Gasteiger partial charge is 0.463 e. The zero-order valence-corrected chi connectivity index (χ0v) is 12.1. The van der Waals surface area contributed by atoms with Crippen molar-refractivity contribution in [3.8, 4) is 6.01 Å². The van der Waals surface area contributed by atoms with Crippen LogP contribution in [0.4, 0.5) is 5.95 Å². The highest BCUT2D eigenvalue weighted by Gasteiger charge is 2.15. The third-order valence-electron chi connectivity index (χ3n) is 3.29. The van der Waals surface area contributed by atoms with Gasteiger partial charge in [0.05, 0.1) is 6.61 Å². The van der Waals surface area contributed by atoms with Crippen molar-refractivity contribution in [2.45, 2.75) is 45.4 Å². The van der Waals surface area contributed by atoms with Crippen LogP contribution in [0.1, 0.15) is 45.4 Å². The Morgan fingerprint density at radius 1 is 1.21 bits per heavy atom. The van der Waals surface area contributed by atoms with Crippen LogP contribution in [0.5, 0.6) is 6.01 Å². The summed E-state index contributed by atoms with van der Waals surface area (Å²) in [7, 11) is 0. The molecule has 0 radical (unpaired) electrons. The predicted molar refractivity (Wildman–Crippen MR) is 75.7 cm³/mol. The van der Waals surface area contributed by atoms with Crippen LogP contribution in [0.3, 0.4) is 0 Å². The van der Waals surface area contributed by atoms with Crippen molar-refractivity contribution in [3.05, 3.63) is 5.28 Å². The first-order valence-electron chi connectivity index (χ1n) is 7.06. The predicted octanol–water partition coefficient (Wildman–Crippen LogP) is 3.31. The van der Waals surface area contributed by atoms with Crippen molar-refractivity contribution >= 4 is 17.5 Å². The number of ether oxygens (including phenoxy) is 1. The molecule has 0 atom stereocenters. The number of hydrogen-bond acceptors (Lipinski definition) is 5. The SMILES string of the molecule is CCCNc1nc(Cl)nc(OCC2CCCCC2)n1. The Balaban J connectivity index is 1.89. The molecule has 1 aliphatic rings. The number of anilines is 1. The molecule has 1 aliphatic carbocycles. The zero-order valence-electron chi connectivity index (χ0n) is 11.4. The molecule has 1 heterocycles. The standard InChI is InChI=1S/C13H21ClN4O/c1-2-8-15-12-16-11(14)17-13(18-12)19-9-10-6-4-3-5-7-10/h10H,2-9H2,1H3,(H,15,16,17,18). The van der Waals surface area contributed by atoms with Crippen LogP contribution in [-0.2, 0) is 0 Å². The number of aromatic nitrogens is 3. The number of nitrogens with one attached hydrogen (secondary N) is 1. The fourth-order valence-corrected chi connectivity index (χ4v) is 2.41. The number of rotatable bonds is 6. The second-order valence-electron chi connectivity index (χ2n) is 4.95. The zero-order chi connectivity index (χ0) is 13.5. The minimum atomic E-state index is 0.173. The summed E-state index contributed by atoms with van der Waals surface area (Å²) in [6.45, 7) is 3.56. The normalized spacial score (nSPS) is 16.3. The van der Waals surface area contributed by atoms with Crippen molar-refractivity contribution in [1.29, 1.82) is 0 Å². The van der Waals surface area contributed by atoms with Gasteiger partial charge in [-0.05, 0) is 36.8 Å². The summed E-state index contributed by atoms with van der Waals surface area (Å²) in [5.41, 5.74) is 0. The third-order valence-corrected chi connectivity index (χ3v) is 3.46. The topological polar surface area (TPSA) is 59.9 Å². The van der Waals surface area contributed by atoms with E-state index in [2.05, 4.69) is 27.2 Å². The molecule has 0 aliphatic heterocycles. The van der Waals surface area contributed by atoms with Gasteiger partial charge in [-0.3, -0.25) is 0 Å². The highest BCUT2D eigenvalue weighted by atomic mass is 35.5.